The minimum Gasteiger partial charge on any atom is -0.358 e. The summed E-state index contributed by atoms with van der Waals surface area (Å²) >= 11 is 0. The van der Waals surface area contributed by atoms with Crippen LogP contribution in [0.25, 0.3) is 10.9 Å². The van der Waals surface area contributed by atoms with Crippen molar-refractivity contribution < 1.29 is 0 Å². The molecule has 0 saturated heterocycles. The van der Waals surface area contributed by atoms with E-state index in [4.69, 9.17) is 0 Å². The second kappa shape index (κ2) is 2.63. The summed E-state index contributed by atoms with van der Waals surface area (Å²) in [5, 5.41) is 1.38. The zero-order valence-corrected chi connectivity index (χ0v) is 7.43. The summed E-state index contributed by atoms with van der Waals surface area (Å²) in [5.74, 6) is 0. The van der Waals surface area contributed by atoms with Crippen molar-refractivity contribution in [2.45, 2.75) is 19.3 Å². The summed E-state index contributed by atoms with van der Waals surface area (Å²) in [4.78, 5) is 3.40. The minimum atomic E-state index is 1.10. The lowest BCUT2D eigenvalue weighted by atomic mass is 9.96. The molecular formula is C12H11N. The van der Waals surface area contributed by atoms with Gasteiger partial charge in [-0.1, -0.05) is 18.2 Å². The number of para-hydroxylation sites is 1. The zero-order valence-electron chi connectivity index (χ0n) is 7.43. The van der Waals surface area contributed by atoms with E-state index < -0.39 is 0 Å². The molecule has 1 aliphatic carbocycles. The summed E-state index contributed by atoms with van der Waals surface area (Å²) in [7, 11) is 0. The highest BCUT2D eigenvalue weighted by atomic mass is 14.7. The molecule has 13 heavy (non-hydrogen) atoms. The van der Waals surface area contributed by atoms with Crippen LogP contribution in [0.3, 0.4) is 0 Å². The molecule has 1 aromatic carbocycles. The van der Waals surface area contributed by atoms with Gasteiger partial charge >= 0.3 is 0 Å². The Hall–Kier alpha value is -1.24. The molecule has 0 amide bonds. The highest BCUT2D eigenvalue weighted by Gasteiger charge is 2.14. The van der Waals surface area contributed by atoms with Crippen LogP contribution < -0.4 is 0 Å². The number of aromatic nitrogens is 1. The Morgan fingerprint density at radius 2 is 2.15 bits per heavy atom. The molecule has 0 atom stereocenters. The summed E-state index contributed by atoms with van der Waals surface area (Å²) in [5.41, 5.74) is 3.94. The van der Waals surface area contributed by atoms with Gasteiger partial charge in [-0.05, 0) is 30.9 Å². The second-order valence-electron chi connectivity index (χ2n) is 3.55. The minimum absolute atomic E-state index is 1.10. The van der Waals surface area contributed by atoms with E-state index in [0.29, 0.717) is 0 Å². The SMILES string of the molecule is [C]1CCCc2c1[nH]c1ccccc21. The standard InChI is InChI=1S/C12H11N/c1-3-7-11-9(5-1)10-6-2-4-8-12(10)13-11/h1,3,5,7,13H,2,4,6H2. The smallest absolute Gasteiger partial charge is 0.0459 e. The molecular weight excluding hydrogens is 158 g/mol. The second-order valence-corrected chi connectivity index (χ2v) is 3.55. The van der Waals surface area contributed by atoms with Crippen LogP contribution in [0.15, 0.2) is 24.3 Å². The highest BCUT2D eigenvalue weighted by Crippen LogP contribution is 2.29. The Morgan fingerprint density at radius 1 is 1.23 bits per heavy atom. The fourth-order valence-corrected chi connectivity index (χ4v) is 2.09. The van der Waals surface area contributed by atoms with Crippen LogP contribution in [0, 0.1) is 6.42 Å². The normalized spacial score (nSPS) is 16.0. The molecule has 0 saturated carbocycles. The van der Waals surface area contributed by atoms with E-state index in [9.17, 15) is 0 Å². The number of hydrogen-bond acceptors (Lipinski definition) is 0. The molecule has 1 aromatic heterocycles. The Morgan fingerprint density at radius 3 is 3.15 bits per heavy atom. The largest absolute Gasteiger partial charge is 0.358 e. The predicted octanol–water partition coefficient (Wildman–Crippen LogP) is 2.93. The summed E-state index contributed by atoms with van der Waals surface area (Å²) in [6, 6.07) is 8.50. The molecule has 64 valence electrons. The van der Waals surface area contributed by atoms with Gasteiger partial charge in [-0.3, -0.25) is 0 Å². The summed E-state index contributed by atoms with van der Waals surface area (Å²) in [6.45, 7) is 0. The topological polar surface area (TPSA) is 15.8 Å². The van der Waals surface area contributed by atoms with Crippen LogP contribution in [0.4, 0.5) is 0 Å². The molecule has 3 rings (SSSR count). The maximum atomic E-state index is 3.40. The van der Waals surface area contributed by atoms with Crippen LogP contribution >= 0.6 is 0 Å². The van der Waals surface area contributed by atoms with E-state index >= 15 is 0 Å². The molecule has 1 aliphatic rings. The monoisotopic (exact) mass is 169 g/mol. The number of H-pyrrole nitrogens is 1. The van der Waals surface area contributed by atoms with E-state index in [2.05, 4.69) is 35.7 Å². The Labute approximate surface area is 77.8 Å². The summed E-state index contributed by atoms with van der Waals surface area (Å²) < 4.78 is 0. The number of hydrogen-bond donors (Lipinski definition) is 1. The molecule has 0 fully saturated rings. The van der Waals surface area contributed by atoms with Crippen LogP contribution in [0.5, 0.6) is 0 Å². The van der Waals surface area contributed by atoms with Gasteiger partial charge in [-0.2, -0.15) is 0 Å². The van der Waals surface area contributed by atoms with Crippen molar-refractivity contribution in [2.24, 2.45) is 0 Å². The molecule has 0 spiro atoms. The average molecular weight is 169 g/mol. The number of aromatic amines is 1. The lowest BCUT2D eigenvalue weighted by Gasteiger charge is -2.09. The van der Waals surface area contributed by atoms with Crippen LogP contribution in [0.1, 0.15) is 24.1 Å². The van der Waals surface area contributed by atoms with E-state index in [-0.39, 0.29) is 0 Å². The van der Waals surface area contributed by atoms with Crippen molar-refractivity contribution >= 4 is 10.9 Å². The van der Waals surface area contributed by atoms with Crippen molar-refractivity contribution in [3.63, 3.8) is 0 Å². The van der Waals surface area contributed by atoms with E-state index in [1.54, 1.807) is 0 Å². The molecule has 1 N–H and O–H groups in total. The van der Waals surface area contributed by atoms with Crippen molar-refractivity contribution in [3.05, 3.63) is 41.9 Å². The Bertz CT molecular complexity index is 439. The highest BCUT2D eigenvalue weighted by molar-refractivity contribution is 5.85. The molecule has 0 bridgehead atoms. The third kappa shape index (κ3) is 0.998. The fourth-order valence-electron chi connectivity index (χ4n) is 2.09. The number of rotatable bonds is 0. The lowest BCUT2D eigenvalue weighted by molar-refractivity contribution is 0.774. The van der Waals surface area contributed by atoms with Crippen LogP contribution in [-0.2, 0) is 6.42 Å². The third-order valence-electron chi connectivity index (χ3n) is 2.72. The van der Waals surface area contributed by atoms with Crippen molar-refractivity contribution in [1.29, 1.82) is 0 Å². The zero-order chi connectivity index (χ0) is 8.67. The van der Waals surface area contributed by atoms with Gasteiger partial charge in [0.25, 0.3) is 0 Å². The van der Waals surface area contributed by atoms with Crippen molar-refractivity contribution in [1.82, 2.24) is 4.98 Å². The number of benzene rings is 1. The third-order valence-corrected chi connectivity index (χ3v) is 2.72. The van der Waals surface area contributed by atoms with Gasteiger partial charge < -0.3 is 4.98 Å². The van der Waals surface area contributed by atoms with Crippen LogP contribution in [-0.4, -0.2) is 4.98 Å². The van der Waals surface area contributed by atoms with Gasteiger partial charge in [0.15, 0.2) is 0 Å². The first kappa shape index (κ1) is 7.19. The van der Waals surface area contributed by atoms with Crippen molar-refractivity contribution in [3.8, 4) is 0 Å². The summed E-state index contributed by atoms with van der Waals surface area (Å²) in [6.07, 6.45) is 6.94. The van der Waals surface area contributed by atoms with Gasteiger partial charge in [0.1, 0.15) is 0 Å². The molecule has 2 radical (unpaired) electrons. The van der Waals surface area contributed by atoms with Gasteiger partial charge in [0.2, 0.25) is 0 Å². The fraction of sp³-hybridized carbons (Fsp3) is 0.250. The molecule has 0 unspecified atom stereocenters. The van der Waals surface area contributed by atoms with Crippen molar-refractivity contribution in [2.75, 3.05) is 0 Å². The first-order valence-corrected chi connectivity index (χ1v) is 4.78. The number of nitrogens with one attached hydrogen (secondary N) is 1. The number of fused-ring (bicyclic) bond motifs is 3. The first-order chi connectivity index (χ1) is 6.45. The molecule has 1 heterocycles. The van der Waals surface area contributed by atoms with Gasteiger partial charge in [-0.25, -0.2) is 0 Å². The predicted molar refractivity (Wildman–Crippen MR) is 53.6 cm³/mol. The molecule has 0 aliphatic heterocycles. The van der Waals surface area contributed by atoms with Gasteiger partial charge in [0, 0.05) is 23.0 Å². The Kier molecular flexibility index (Phi) is 1.45. The average Bonchev–Trinajstić information content (AvgIpc) is 2.56. The molecule has 1 nitrogen and oxygen atoms in total. The van der Waals surface area contributed by atoms with E-state index in [1.165, 1.54) is 35.0 Å². The lowest BCUT2D eigenvalue weighted by Crippen LogP contribution is -1.97. The molecule has 2 aromatic rings. The van der Waals surface area contributed by atoms with E-state index in [1.807, 2.05) is 0 Å². The van der Waals surface area contributed by atoms with E-state index in [0.717, 1.165) is 6.42 Å². The molecule has 1 heteroatoms. The maximum absolute atomic E-state index is 3.40. The maximum Gasteiger partial charge on any atom is 0.0459 e. The first-order valence-electron chi connectivity index (χ1n) is 4.78. The van der Waals surface area contributed by atoms with Crippen LogP contribution in [0.2, 0.25) is 0 Å². The van der Waals surface area contributed by atoms with Gasteiger partial charge in [0.05, 0.1) is 0 Å². The number of aryl methyl sites for hydroxylation is 1. The van der Waals surface area contributed by atoms with Gasteiger partial charge in [-0.15, -0.1) is 0 Å². The quantitative estimate of drug-likeness (QED) is 0.624. The Balaban J connectivity index is 2.34.